The summed E-state index contributed by atoms with van der Waals surface area (Å²) in [5.74, 6) is -0.243. The summed E-state index contributed by atoms with van der Waals surface area (Å²) in [6.07, 6.45) is -1.15. The van der Waals surface area contributed by atoms with Crippen LogP contribution < -0.4 is 4.90 Å². The van der Waals surface area contributed by atoms with Gasteiger partial charge in [0, 0.05) is 18.4 Å². The number of carbonyl (C=O) groups is 1. The predicted molar refractivity (Wildman–Crippen MR) is 87.1 cm³/mol. The van der Waals surface area contributed by atoms with Crippen LogP contribution in [0, 0.1) is 12.8 Å². The fraction of sp³-hybridized carbons (Fsp3) is 0.333. The highest BCUT2D eigenvalue weighted by Gasteiger charge is 2.33. The number of halogens is 3. The Hall–Kier alpha value is -2.57. The number of alkyl halides is 3. The van der Waals surface area contributed by atoms with E-state index in [1.807, 2.05) is 0 Å². The zero-order valence-electron chi connectivity index (χ0n) is 13.5. The minimum atomic E-state index is -4.42. The van der Waals surface area contributed by atoms with E-state index in [1.165, 1.54) is 31.3 Å². The lowest BCUT2D eigenvalue weighted by molar-refractivity contribution is -0.138. The van der Waals surface area contributed by atoms with Gasteiger partial charge in [-0.2, -0.15) is 13.2 Å². The maximum atomic E-state index is 13.2. The number of aryl methyl sites for hydroxylation is 1. The molecular weight excluding hydrogens is 333 g/mol. The predicted octanol–water partition coefficient (Wildman–Crippen LogP) is 4.66. The van der Waals surface area contributed by atoms with Gasteiger partial charge in [-0.15, -0.1) is 0 Å². The van der Waals surface area contributed by atoms with E-state index in [9.17, 15) is 18.0 Å². The van der Waals surface area contributed by atoms with Gasteiger partial charge in [0.1, 0.15) is 5.82 Å². The Bertz CT molecular complexity index is 784. The number of hydrogen-bond donors (Lipinski definition) is 1. The molecule has 0 spiro atoms. The third kappa shape index (κ3) is 3.92. The highest BCUT2D eigenvalue weighted by Crippen LogP contribution is 2.38. The van der Waals surface area contributed by atoms with Gasteiger partial charge in [-0.05, 0) is 55.5 Å². The van der Waals surface area contributed by atoms with Crippen molar-refractivity contribution in [3.8, 4) is 0 Å². The summed E-state index contributed by atoms with van der Waals surface area (Å²) in [6.45, 7) is 1.98. The summed E-state index contributed by atoms with van der Waals surface area (Å²) < 4.78 is 39.6. The Morgan fingerprint density at radius 1 is 1.28 bits per heavy atom. The molecule has 0 unspecified atom stereocenters. The van der Waals surface area contributed by atoms with Crippen LogP contribution in [0.25, 0.3) is 0 Å². The monoisotopic (exact) mass is 350 g/mol. The molecule has 1 aliphatic carbocycles. The smallest absolute Gasteiger partial charge is 0.416 e. The van der Waals surface area contributed by atoms with Crippen molar-refractivity contribution < 1.29 is 23.1 Å². The van der Waals surface area contributed by atoms with Crippen molar-refractivity contribution in [1.29, 1.82) is 0 Å². The molecule has 1 aromatic carbocycles. The van der Waals surface area contributed by atoms with E-state index in [4.69, 9.17) is 5.11 Å². The largest absolute Gasteiger partial charge is 0.478 e. The van der Waals surface area contributed by atoms with Crippen LogP contribution in [0.5, 0.6) is 0 Å². The second-order valence-corrected chi connectivity index (χ2v) is 6.26. The molecule has 3 rings (SSSR count). The molecule has 0 bridgehead atoms. The summed E-state index contributed by atoms with van der Waals surface area (Å²) in [6, 6.07) is 7.15. The van der Waals surface area contributed by atoms with Gasteiger partial charge in [-0.25, -0.2) is 9.78 Å². The number of aromatic nitrogens is 1. The van der Waals surface area contributed by atoms with E-state index in [-0.39, 0.29) is 11.1 Å². The number of hydrogen-bond acceptors (Lipinski definition) is 3. The number of aromatic carboxylic acids is 1. The Morgan fingerprint density at radius 2 is 2.00 bits per heavy atom. The molecule has 7 heteroatoms. The van der Waals surface area contributed by atoms with E-state index >= 15 is 0 Å². The normalized spacial score (nSPS) is 14.4. The highest BCUT2D eigenvalue weighted by atomic mass is 19.4. The Kier molecular flexibility index (Phi) is 4.41. The molecule has 4 nitrogen and oxygen atoms in total. The number of carboxylic acid groups (broad SMARTS) is 1. The van der Waals surface area contributed by atoms with Crippen molar-refractivity contribution in [2.75, 3.05) is 11.4 Å². The van der Waals surface area contributed by atoms with E-state index in [2.05, 4.69) is 4.98 Å². The van der Waals surface area contributed by atoms with Crippen molar-refractivity contribution in [1.82, 2.24) is 4.98 Å². The molecule has 1 fully saturated rings. The van der Waals surface area contributed by atoms with E-state index < -0.39 is 17.7 Å². The second kappa shape index (κ2) is 6.38. The molecule has 0 radical (unpaired) electrons. The topological polar surface area (TPSA) is 53.4 Å². The summed E-state index contributed by atoms with van der Waals surface area (Å²) in [7, 11) is 0. The molecule has 1 aromatic heterocycles. The minimum Gasteiger partial charge on any atom is -0.478 e. The maximum Gasteiger partial charge on any atom is 0.416 e. The SMILES string of the molecule is Cc1ccc(N(CC2CC2)c2ccc(C(=O)O)cn2)cc1C(F)(F)F. The lowest BCUT2D eigenvalue weighted by Gasteiger charge is -2.25. The molecular formula is C18H17F3N2O2. The number of benzene rings is 1. The van der Waals surface area contributed by atoms with Gasteiger partial charge < -0.3 is 10.0 Å². The molecule has 0 amide bonds. The highest BCUT2D eigenvalue weighted by molar-refractivity contribution is 5.87. The van der Waals surface area contributed by atoms with E-state index in [0.717, 1.165) is 18.9 Å². The van der Waals surface area contributed by atoms with Gasteiger partial charge >= 0.3 is 12.1 Å². The van der Waals surface area contributed by atoms with Gasteiger partial charge in [0.25, 0.3) is 0 Å². The third-order valence-electron chi connectivity index (χ3n) is 4.25. The van der Waals surface area contributed by atoms with Gasteiger partial charge in [-0.1, -0.05) is 6.07 Å². The van der Waals surface area contributed by atoms with Crippen molar-refractivity contribution in [2.24, 2.45) is 5.92 Å². The number of pyridine rings is 1. The van der Waals surface area contributed by atoms with Crippen LogP contribution >= 0.6 is 0 Å². The zero-order chi connectivity index (χ0) is 18.2. The first-order valence-electron chi connectivity index (χ1n) is 7.90. The molecule has 0 aliphatic heterocycles. The van der Waals surface area contributed by atoms with Crippen LogP contribution in [0.3, 0.4) is 0 Å². The summed E-state index contributed by atoms with van der Waals surface area (Å²) >= 11 is 0. The second-order valence-electron chi connectivity index (χ2n) is 6.26. The van der Waals surface area contributed by atoms with Crippen molar-refractivity contribution in [3.05, 3.63) is 53.2 Å². The van der Waals surface area contributed by atoms with Crippen LogP contribution in [-0.4, -0.2) is 22.6 Å². The Labute approximate surface area is 142 Å². The first kappa shape index (κ1) is 17.3. The Balaban J connectivity index is 1.99. The van der Waals surface area contributed by atoms with Gasteiger partial charge in [0.05, 0.1) is 11.1 Å². The molecule has 132 valence electrons. The van der Waals surface area contributed by atoms with Crippen molar-refractivity contribution in [2.45, 2.75) is 25.9 Å². The average Bonchev–Trinajstić information content (AvgIpc) is 3.36. The first-order chi connectivity index (χ1) is 11.8. The first-order valence-corrected chi connectivity index (χ1v) is 7.90. The van der Waals surface area contributed by atoms with E-state index in [0.29, 0.717) is 24.0 Å². The van der Waals surface area contributed by atoms with Crippen LogP contribution in [0.15, 0.2) is 36.5 Å². The van der Waals surface area contributed by atoms with Crippen LogP contribution in [0.4, 0.5) is 24.7 Å². The quantitative estimate of drug-likeness (QED) is 0.852. The minimum absolute atomic E-state index is 0.0370. The maximum absolute atomic E-state index is 13.2. The van der Waals surface area contributed by atoms with Crippen LogP contribution in [-0.2, 0) is 6.18 Å². The fourth-order valence-electron chi connectivity index (χ4n) is 2.65. The molecule has 0 saturated heterocycles. The van der Waals surface area contributed by atoms with Crippen molar-refractivity contribution >= 4 is 17.5 Å². The summed E-state index contributed by atoms with van der Waals surface area (Å²) in [5, 5.41) is 8.96. The van der Waals surface area contributed by atoms with E-state index in [1.54, 1.807) is 11.0 Å². The molecule has 1 saturated carbocycles. The number of rotatable bonds is 5. The average molecular weight is 350 g/mol. The van der Waals surface area contributed by atoms with Gasteiger partial charge in [-0.3, -0.25) is 0 Å². The zero-order valence-corrected chi connectivity index (χ0v) is 13.5. The molecule has 1 heterocycles. The standard InChI is InChI=1S/C18H17F3N2O2/c1-11-2-6-14(8-15(11)18(19,20)21)23(10-12-3-4-12)16-7-5-13(9-22-16)17(24)25/h2,5-9,12H,3-4,10H2,1H3,(H,24,25). The lowest BCUT2D eigenvalue weighted by Crippen LogP contribution is -2.22. The number of carboxylic acids is 1. The van der Waals surface area contributed by atoms with Gasteiger partial charge in [0.15, 0.2) is 0 Å². The number of anilines is 2. The van der Waals surface area contributed by atoms with Gasteiger partial charge in [0.2, 0.25) is 0 Å². The van der Waals surface area contributed by atoms with Crippen LogP contribution in [0.2, 0.25) is 0 Å². The fourth-order valence-corrected chi connectivity index (χ4v) is 2.65. The molecule has 0 atom stereocenters. The van der Waals surface area contributed by atoms with Crippen LogP contribution in [0.1, 0.15) is 34.3 Å². The molecule has 1 N–H and O–H groups in total. The summed E-state index contributed by atoms with van der Waals surface area (Å²) in [4.78, 5) is 16.8. The summed E-state index contributed by atoms with van der Waals surface area (Å²) in [5.41, 5.74) is -0.0693. The third-order valence-corrected chi connectivity index (χ3v) is 4.25. The lowest BCUT2D eigenvalue weighted by atomic mass is 10.1. The molecule has 25 heavy (non-hydrogen) atoms. The molecule has 2 aromatic rings. The van der Waals surface area contributed by atoms with Crippen molar-refractivity contribution in [3.63, 3.8) is 0 Å². The molecule has 1 aliphatic rings. The number of nitrogens with zero attached hydrogens (tertiary/aromatic N) is 2. The Morgan fingerprint density at radius 3 is 2.52 bits per heavy atom.